The lowest BCUT2D eigenvalue weighted by atomic mass is 9.86. The third-order valence-corrected chi connectivity index (χ3v) is 10.5. The Labute approximate surface area is 421 Å². The largest absolute Gasteiger partial charge is 0.322 e. The number of azo groups is 2. The van der Waals surface area contributed by atoms with Crippen LogP contribution in [0, 0.1) is 62.8 Å². The zero-order valence-electron chi connectivity index (χ0n) is 41.8. The SMILES string of the molecule is CC(=O)c1ccc(C(=O)Nc2cc(F)c(N=Nc3c(F)cc(C(=O)C(C)(C)C)cc3F)c(F)c2)cc1.CC(C)(C)Cc1cc(F)c(N=Nc2c(F)cc(NC(=O)c3ccc(C(=O)C(C)(C)C)cc3)cc2F)c(F)c1. The van der Waals surface area contributed by atoms with Gasteiger partial charge in [0.1, 0.15) is 0 Å². The van der Waals surface area contributed by atoms with Crippen molar-refractivity contribution in [1.82, 2.24) is 0 Å². The molecular formula is C55H50F8N6O5. The third kappa shape index (κ3) is 14.8. The first-order chi connectivity index (χ1) is 34.3. The summed E-state index contributed by atoms with van der Waals surface area (Å²) < 4.78 is 116. The van der Waals surface area contributed by atoms with Gasteiger partial charge in [0, 0.05) is 50.0 Å². The second-order valence-corrected chi connectivity index (χ2v) is 20.2. The van der Waals surface area contributed by atoms with Crippen LogP contribution >= 0.6 is 0 Å². The highest BCUT2D eigenvalue weighted by atomic mass is 19.2. The van der Waals surface area contributed by atoms with Crippen LogP contribution in [-0.4, -0.2) is 29.2 Å². The summed E-state index contributed by atoms with van der Waals surface area (Å²) >= 11 is 0. The molecule has 0 fully saturated rings. The Morgan fingerprint density at radius 3 is 0.959 bits per heavy atom. The lowest BCUT2D eigenvalue weighted by molar-refractivity contribution is 0.0852. The van der Waals surface area contributed by atoms with Crippen molar-refractivity contribution in [3.8, 4) is 0 Å². The van der Waals surface area contributed by atoms with E-state index in [9.17, 15) is 59.1 Å². The van der Waals surface area contributed by atoms with Gasteiger partial charge >= 0.3 is 0 Å². The first-order valence-electron chi connectivity index (χ1n) is 22.5. The van der Waals surface area contributed by atoms with Crippen molar-refractivity contribution in [2.45, 2.75) is 75.7 Å². The summed E-state index contributed by atoms with van der Waals surface area (Å²) in [7, 11) is 0. The van der Waals surface area contributed by atoms with Gasteiger partial charge in [-0.25, -0.2) is 35.1 Å². The predicted molar refractivity (Wildman–Crippen MR) is 263 cm³/mol. The van der Waals surface area contributed by atoms with Crippen molar-refractivity contribution in [2.75, 3.05) is 10.6 Å². The van der Waals surface area contributed by atoms with Crippen molar-refractivity contribution in [3.05, 3.63) is 177 Å². The van der Waals surface area contributed by atoms with E-state index in [1.807, 2.05) is 20.8 Å². The van der Waals surface area contributed by atoms with Gasteiger partial charge < -0.3 is 10.6 Å². The molecule has 386 valence electrons. The molecule has 0 aliphatic carbocycles. The van der Waals surface area contributed by atoms with Crippen molar-refractivity contribution in [1.29, 1.82) is 0 Å². The second-order valence-electron chi connectivity index (χ2n) is 20.2. The van der Waals surface area contributed by atoms with Crippen LogP contribution in [0.15, 0.2) is 118 Å². The number of benzene rings is 6. The maximum atomic E-state index is 14.6. The molecule has 0 aliphatic heterocycles. The average molecular weight is 1030 g/mol. The Morgan fingerprint density at radius 2 is 0.662 bits per heavy atom. The maximum Gasteiger partial charge on any atom is 0.255 e. The van der Waals surface area contributed by atoms with E-state index in [1.54, 1.807) is 41.5 Å². The molecule has 11 nitrogen and oxygen atoms in total. The fraction of sp³-hybridized carbons (Fsp3) is 0.255. The number of nitrogens with one attached hydrogen (secondary N) is 2. The van der Waals surface area contributed by atoms with Gasteiger partial charge in [0.25, 0.3) is 11.8 Å². The summed E-state index contributed by atoms with van der Waals surface area (Å²) in [4.78, 5) is 60.8. The van der Waals surface area contributed by atoms with Crippen LogP contribution in [0.5, 0.6) is 0 Å². The lowest BCUT2D eigenvalue weighted by Crippen LogP contribution is -2.20. The molecule has 0 aromatic heterocycles. The molecule has 0 saturated heterocycles. The second kappa shape index (κ2) is 22.8. The minimum atomic E-state index is -1.25. The number of hydrogen-bond donors (Lipinski definition) is 2. The fourth-order valence-electron chi connectivity index (χ4n) is 6.79. The summed E-state index contributed by atoms with van der Waals surface area (Å²) in [5, 5.41) is 18.0. The van der Waals surface area contributed by atoms with Crippen molar-refractivity contribution < 1.29 is 59.1 Å². The minimum Gasteiger partial charge on any atom is -0.322 e. The zero-order chi connectivity index (χ0) is 55.2. The van der Waals surface area contributed by atoms with E-state index < -0.39 is 97.7 Å². The molecule has 0 aliphatic rings. The monoisotopic (exact) mass is 1030 g/mol. The molecule has 0 radical (unpaired) electrons. The normalized spacial score (nSPS) is 11.9. The molecule has 0 spiro atoms. The number of carbonyl (C=O) groups is 5. The molecule has 0 unspecified atom stereocenters. The minimum absolute atomic E-state index is 0.0982. The Morgan fingerprint density at radius 1 is 0.392 bits per heavy atom. The van der Waals surface area contributed by atoms with Crippen LogP contribution in [0.25, 0.3) is 0 Å². The van der Waals surface area contributed by atoms with E-state index >= 15 is 0 Å². The number of nitrogens with zero attached hydrogens (tertiary/aromatic N) is 4. The number of amides is 2. The van der Waals surface area contributed by atoms with E-state index in [2.05, 4.69) is 31.1 Å². The molecule has 6 aromatic rings. The first-order valence-corrected chi connectivity index (χ1v) is 22.5. The van der Waals surface area contributed by atoms with E-state index in [0.29, 0.717) is 23.1 Å². The summed E-state index contributed by atoms with van der Waals surface area (Å²) in [6.07, 6.45) is 0.411. The molecule has 0 atom stereocenters. The van der Waals surface area contributed by atoms with E-state index in [-0.39, 0.29) is 45.0 Å². The zero-order valence-corrected chi connectivity index (χ0v) is 41.8. The number of Topliss-reactive ketones (excluding diaryl/α,β-unsaturated/α-hetero) is 3. The highest BCUT2D eigenvalue weighted by molar-refractivity contribution is 6.06. The summed E-state index contributed by atoms with van der Waals surface area (Å²) in [5.41, 5.74) is -4.31. The van der Waals surface area contributed by atoms with Crippen LogP contribution in [0.4, 0.5) is 69.2 Å². The van der Waals surface area contributed by atoms with Crippen molar-refractivity contribution >= 4 is 63.3 Å². The number of hydrogen-bond acceptors (Lipinski definition) is 9. The average Bonchev–Trinajstić information content (AvgIpc) is 3.28. The standard InChI is InChI=1S/C29H29F4N3O2.C26H21F4N3O3/c1-28(2,3)15-16-11-20(30)24(21(31)12-16)35-36-25-22(32)13-19(14-23(25)33)34-27(38)18-9-7-17(8-10-18)26(37)29(4,5)6;1-13(34)14-5-7-15(8-6-14)25(36)31-17-11-20(29)23(21(30)12-17)33-32-22-18(27)9-16(10-19(22)28)24(35)26(2,3)4/h7-14H,15H2,1-6H3,(H,34,38);5-12H,1-4H3,(H,31,36). The van der Waals surface area contributed by atoms with Crippen LogP contribution in [-0.2, 0) is 6.42 Å². The lowest BCUT2D eigenvalue weighted by Gasteiger charge is -2.18. The van der Waals surface area contributed by atoms with Crippen LogP contribution < -0.4 is 10.6 Å². The van der Waals surface area contributed by atoms with E-state index in [0.717, 1.165) is 48.5 Å². The van der Waals surface area contributed by atoms with Crippen LogP contribution in [0.1, 0.15) is 127 Å². The number of anilines is 2. The van der Waals surface area contributed by atoms with Gasteiger partial charge in [-0.1, -0.05) is 86.6 Å². The Hall–Kier alpha value is -8.09. The van der Waals surface area contributed by atoms with E-state index in [1.165, 1.54) is 55.5 Å². The molecule has 2 N–H and O–H groups in total. The smallest absolute Gasteiger partial charge is 0.255 e. The van der Waals surface area contributed by atoms with Crippen LogP contribution in [0.2, 0.25) is 0 Å². The van der Waals surface area contributed by atoms with Crippen molar-refractivity contribution in [3.63, 3.8) is 0 Å². The topological polar surface area (TPSA) is 159 Å². The maximum absolute atomic E-state index is 14.6. The Kier molecular flexibility index (Phi) is 17.5. The number of carbonyl (C=O) groups excluding carboxylic acids is 5. The molecule has 19 heteroatoms. The summed E-state index contributed by atoms with van der Waals surface area (Å²) in [6.45, 7) is 17.2. The molecule has 74 heavy (non-hydrogen) atoms. The molecule has 0 saturated carbocycles. The third-order valence-electron chi connectivity index (χ3n) is 10.5. The van der Waals surface area contributed by atoms with Gasteiger partial charge in [-0.05, 0) is 97.1 Å². The molecular weight excluding hydrogens is 977 g/mol. The fourth-order valence-corrected chi connectivity index (χ4v) is 6.79. The Bertz CT molecular complexity index is 3140. The van der Waals surface area contributed by atoms with Gasteiger partial charge in [0.15, 0.2) is 86.6 Å². The molecule has 0 bridgehead atoms. The Balaban J connectivity index is 0.000000274. The number of ketones is 3. The quantitative estimate of drug-likeness (QED) is 0.0708. The van der Waals surface area contributed by atoms with E-state index in [4.69, 9.17) is 0 Å². The van der Waals surface area contributed by atoms with Gasteiger partial charge in [0.05, 0.1) is 0 Å². The predicted octanol–water partition coefficient (Wildman–Crippen LogP) is 16.1. The first kappa shape index (κ1) is 56.8. The van der Waals surface area contributed by atoms with Gasteiger partial charge in [-0.15, -0.1) is 20.5 Å². The van der Waals surface area contributed by atoms with Crippen molar-refractivity contribution in [2.24, 2.45) is 36.7 Å². The van der Waals surface area contributed by atoms with Crippen LogP contribution in [0.3, 0.4) is 0 Å². The van der Waals surface area contributed by atoms with Gasteiger partial charge in [0.2, 0.25) is 0 Å². The molecule has 0 heterocycles. The molecule has 6 rings (SSSR count). The summed E-state index contributed by atoms with van der Waals surface area (Å²) in [6, 6.07) is 18.4. The molecule has 6 aromatic carbocycles. The molecule has 2 amide bonds. The highest BCUT2D eigenvalue weighted by Crippen LogP contribution is 2.34. The highest BCUT2D eigenvalue weighted by Gasteiger charge is 2.27. The number of rotatable bonds is 12. The van der Waals surface area contributed by atoms with Gasteiger partial charge in [-0.2, -0.15) is 0 Å². The number of halogens is 8. The summed E-state index contributed by atoms with van der Waals surface area (Å²) in [5.74, 6) is -11.5. The van der Waals surface area contributed by atoms with Gasteiger partial charge in [-0.3, -0.25) is 24.0 Å².